The van der Waals surface area contributed by atoms with Crippen LogP contribution in [0.1, 0.15) is 23.2 Å². The number of rotatable bonds is 4. The molecule has 2 aromatic carbocycles. The molecule has 0 saturated heterocycles. The highest BCUT2D eigenvalue weighted by molar-refractivity contribution is 5.97. The molecule has 3 nitrogen and oxygen atoms in total. The Bertz CT molecular complexity index is 955. The van der Waals surface area contributed by atoms with Crippen LogP contribution < -0.4 is 5.32 Å². The Morgan fingerprint density at radius 3 is 2.58 bits per heavy atom. The number of hydrogen-bond acceptors (Lipinski definition) is 1. The Kier molecular flexibility index (Phi) is 3.98. The molecule has 134 valence electrons. The van der Waals surface area contributed by atoms with Crippen LogP contribution in [0.3, 0.4) is 0 Å². The van der Waals surface area contributed by atoms with Crippen molar-refractivity contribution in [1.82, 2.24) is 10.3 Å². The monoisotopic (exact) mass is 358 g/mol. The van der Waals surface area contributed by atoms with Crippen LogP contribution in [0.25, 0.3) is 22.0 Å². The van der Waals surface area contributed by atoms with E-state index in [1.165, 1.54) is 12.1 Å². The Hall–Kier alpha value is -2.76. The van der Waals surface area contributed by atoms with E-state index >= 15 is 0 Å². The average Bonchev–Trinajstić information content (AvgIpc) is 3.00. The van der Waals surface area contributed by atoms with Gasteiger partial charge in [-0.15, -0.1) is 0 Å². The van der Waals surface area contributed by atoms with Gasteiger partial charge >= 0.3 is 0 Å². The standard InChI is InChI=1S/C20H17F3N2O/c21-15-5-6-16-17(11-24-18(16)7-15)13-1-3-14(4-2-13)19(26)25-10-12-8-20(22,23)9-12/h1-7,11-12,24H,8-10H2,(H,25,26). The highest BCUT2D eigenvalue weighted by Crippen LogP contribution is 2.41. The van der Waals surface area contributed by atoms with Gasteiger partial charge in [-0.05, 0) is 41.8 Å². The third kappa shape index (κ3) is 3.19. The van der Waals surface area contributed by atoms with E-state index in [9.17, 15) is 18.0 Å². The number of alkyl halides is 2. The summed E-state index contributed by atoms with van der Waals surface area (Å²) >= 11 is 0. The molecule has 0 unspecified atom stereocenters. The number of carbonyl (C=O) groups is 1. The smallest absolute Gasteiger partial charge is 0.251 e. The molecule has 3 aromatic rings. The minimum absolute atomic E-state index is 0.153. The van der Waals surface area contributed by atoms with Crippen molar-refractivity contribution in [3.8, 4) is 11.1 Å². The van der Waals surface area contributed by atoms with Crippen molar-refractivity contribution in [2.45, 2.75) is 18.8 Å². The molecule has 1 fully saturated rings. The van der Waals surface area contributed by atoms with Gasteiger partial charge in [0, 0.05) is 47.6 Å². The van der Waals surface area contributed by atoms with Crippen LogP contribution in [-0.4, -0.2) is 23.4 Å². The van der Waals surface area contributed by atoms with E-state index in [-0.39, 0.29) is 37.0 Å². The summed E-state index contributed by atoms with van der Waals surface area (Å²) < 4.78 is 38.9. The maximum absolute atomic E-state index is 13.3. The zero-order chi connectivity index (χ0) is 18.3. The van der Waals surface area contributed by atoms with Gasteiger partial charge in [-0.25, -0.2) is 13.2 Å². The number of carbonyl (C=O) groups excluding carboxylic acids is 1. The van der Waals surface area contributed by atoms with Gasteiger partial charge in [-0.1, -0.05) is 12.1 Å². The molecule has 2 N–H and O–H groups in total. The van der Waals surface area contributed by atoms with Crippen LogP contribution in [-0.2, 0) is 0 Å². The summed E-state index contributed by atoms with van der Waals surface area (Å²) in [6, 6.07) is 11.6. The topological polar surface area (TPSA) is 44.9 Å². The fourth-order valence-corrected chi connectivity index (χ4v) is 3.41. The molecular weight excluding hydrogens is 341 g/mol. The number of hydrogen-bond donors (Lipinski definition) is 2. The zero-order valence-corrected chi connectivity index (χ0v) is 13.9. The van der Waals surface area contributed by atoms with Crippen molar-refractivity contribution in [2.24, 2.45) is 5.92 Å². The number of fused-ring (bicyclic) bond motifs is 1. The van der Waals surface area contributed by atoms with Crippen LogP contribution >= 0.6 is 0 Å². The van der Waals surface area contributed by atoms with Crippen molar-refractivity contribution in [3.05, 3.63) is 60.0 Å². The quantitative estimate of drug-likeness (QED) is 0.695. The summed E-state index contributed by atoms with van der Waals surface area (Å²) in [6.45, 7) is 0.268. The number of aromatic nitrogens is 1. The third-order valence-electron chi connectivity index (χ3n) is 4.83. The summed E-state index contributed by atoms with van der Waals surface area (Å²) in [7, 11) is 0. The fraction of sp³-hybridized carbons (Fsp3) is 0.250. The van der Waals surface area contributed by atoms with Gasteiger partial charge in [0.25, 0.3) is 5.91 Å². The number of halogens is 3. The molecule has 0 bridgehead atoms. The first kappa shape index (κ1) is 16.7. The first-order valence-electron chi connectivity index (χ1n) is 8.44. The van der Waals surface area contributed by atoms with E-state index in [1.54, 1.807) is 24.4 Å². The minimum atomic E-state index is -2.57. The number of nitrogens with one attached hydrogen (secondary N) is 2. The molecular formula is C20H17F3N2O. The van der Waals surface area contributed by atoms with E-state index in [0.717, 1.165) is 16.5 Å². The summed E-state index contributed by atoms with van der Waals surface area (Å²) in [6.07, 6.45) is 1.48. The van der Waals surface area contributed by atoms with Crippen LogP contribution in [0.5, 0.6) is 0 Å². The predicted molar refractivity (Wildman–Crippen MR) is 93.7 cm³/mol. The Morgan fingerprint density at radius 1 is 1.15 bits per heavy atom. The number of benzene rings is 2. The lowest BCUT2D eigenvalue weighted by Gasteiger charge is -2.34. The lowest BCUT2D eigenvalue weighted by Crippen LogP contribution is -2.42. The summed E-state index contributed by atoms with van der Waals surface area (Å²) in [4.78, 5) is 15.2. The molecule has 26 heavy (non-hydrogen) atoms. The Labute approximate surface area is 148 Å². The van der Waals surface area contributed by atoms with Crippen molar-refractivity contribution in [1.29, 1.82) is 0 Å². The molecule has 1 heterocycles. The average molecular weight is 358 g/mol. The van der Waals surface area contributed by atoms with Crippen LogP contribution in [0.2, 0.25) is 0 Å². The van der Waals surface area contributed by atoms with Crippen LogP contribution in [0.15, 0.2) is 48.7 Å². The molecule has 4 rings (SSSR count). The second kappa shape index (κ2) is 6.20. The van der Waals surface area contributed by atoms with Crippen LogP contribution in [0.4, 0.5) is 13.2 Å². The molecule has 1 aromatic heterocycles. The second-order valence-electron chi connectivity index (χ2n) is 6.81. The number of H-pyrrole nitrogens is 1. The summed E-state index contributed by atoms with van der Waals surface area (Å²) in [5, 5.41) is 3.61. The molecule has 0 spiro atoms. The first-order chi connectivity index (χ1) is 12.4. The van der Waals surface area contributed by atoms with E-state index in [1.807, 2.05) is 12.1 Å². The maximum atomic E-state index is 13.3. The lowest BCUT2D eigenvalue weighted by atomic mass is 9.81. The lowest BCUT2D eigenvalue weighted by molar-refractivity contribution is -0.108. The van der Waals surface area contributed by atoms with Crippen molar-refractivity contribution >= 4 is 16.8 Å². The van der Waals surface area contributed by atoms with E-state index in [4.69, 9.17) is 0 Å². The SMILES string of the molecule is O=C(NCC1CC(F)(F)C1)c1ccc(-c2c[nH]c3cc(F)ccc23)cc1. The summed E-state index contributed by atoms with van der Waals surface area (Å²) in [5.74, 6) is -3.30. The molecule has 0 radical (unpaired) electrons. The second-order valence-corrected chi connectivity index (χ2v) is 6.81. The van der Waals surface area contributed by atoms with Gasteiger partial charge in [0.05, 0.1) is 0 Å². The molecule has 1 amide bonds. The van der Waals surface area contributed by atoms with Gasteiger partial charge in [-0.2, -0.15) is 0 Å². The normalized spacial score (nSPS) is 16.4. The summed E-state index contributed by atoms with van der Waals surface area (Å²) in [5.41, 5.74) is 3.01. The highest BCUT2D eigenvalue weighted by atomic mass is 19.3. The van der Waals surface area contributed by atoms with Crippen molar-refractivity contribution < 1.29 is 18.0 Å². The Balaban J connectivity index is 1.45. The van der Waals surface area contributed by atoms with Gasteiger partial charge < -0.3 is 10.3 Å². The van der Waals surface area contributed by atoms with E-state index in [2.05, 4.69) is 10.3 Å². The Morgan fingerprint density at radius 2 is 1.88 bits per heavy atom. The molecule has 1 aliphatic carbocycles. The van der Waals surface area contributed by atoms with Gasteiger partial charge in [0.1, 0.15) is 5.82 Å². The molecule has 0 atom stereocenters. The zero-order valence-electron chi connectivity index (χ0n) is 13.9. The van der Waals surface area contributed by atoms with E-state index < -0.39 is 5.92 Å². The van der Waals surface area contributed by atoms with Gasteiger partial charge in [-0.3, -0.25) is 4.79 Å². The predicted octanol–water partition coefficient (Wildman–Crippen LogP) is 4.75. The van der Waals surface area contributed by atoms with Gasteiger partial charge in [0.15, 0.2) is 0 Å². The van der Waals surface area contributed by atoms with Crippen LogP contribution in [0, 0.1) is 11.7 Å². The first-order valence-corrected chi connectivity index (χ1v) is 8.44. The molecule has 6 heteroatoms. The largest absolute Gasteiger partial charge is 0.360 e. The van der Waals surface area contributed by atoms with E-state index in [0.29, 0.717) is 11.1 Å². The van der Waals surface area contributed by atoms with Gasteiger partial charge in [0.2, 0.25) is 5.92 Å². The highest BCUT2D eigenvalue weighted by Gasteiger charge is 2.44. The number of aromatic amines is 1. The fourth-order valence-electron chi connectivity index (χ4n) is 3.41. The molecule has 1 saturated carbocycles. The minimum Gasteiger partial charge on any atom is -0.360 e. The van der Waals surface area contributed by atoms with Crippen molar-refractivity contribution in [3.63, 3.8) is 0 Å². The third-order valence-corrected chi connectivity index (χ3v) is 4.83. The van der Waals surface area contributed by atoms with Crippen molar-refractivity contribution in [2.75, 3.05) is 6.54 Å². The molecule has 1 aliphatic rings. The molecule has 0 aliphatic heterocycles. The number of amides is 1. The maximum Gasteiger partial charge on any atom is 0.251 e.